The molecule has 2 aromatic carbocycles. The summed E-state index contributed by atoms with van der Waals surface area (Å²) in [5.41, 5.74) is 2.60. The molecule has 0 bridgehead atoms. The second-order valence-corrected chi connectivity index (χ2v) is 6.16. The fraction of sp³-hybridized carbons (Fsp3) is 0.190. The maximum atomic E-state index is 12.7. The van der Waals surface area contributed by atoms with Crippen LogP contribution in [-0.2, 0) is 4.79 Å². The van der Waals surface area contributed by atoms with Gasteiger partial charge < -0.3 is 19.1 Å². The van der Waals surface area contributed by atoms with E-state index in [0.717, 1.165) is 16.8 Å². The number of ether oxygens (including phenoxy) is 3. The summed E-state index contributed by atoms with van der Waals surface area (Å²) in [6.45, 7) is 5.08. The van der Waals surface area contributed by atoms with Crippen molar-refractivity contribution in [1.82, 2.24) is 0 Å². The van der Waals surface area contributed by atoms with E-state index in [1.807, 2.05) is 24.3 Å². The third-order valence-corrected chi connectivity index (χ3v) is 4.42. The van der Waals surface area contributed by atoms with Crippen molar-refractivity contribution in [3.8, 4) is 17.2 Å². The van der Waals surface area contributed by atoms with Crippen molar-refractivity contribution in [2.24, 2.45) is 10.2 Å². The molecule has 0 radical (unpaired) electrons. The molecule has 0 N–H and O–H groups in total. The fourth-order valence-corrected chi connectivity index (χ4v) is 3.19. The molecule has 1 amide bonds. The molecule has 142 valence electrons. The van der Waals surface area contributed by atoms with Gasteiger partial charge in [0.05, 0.1) is 19.0 Å². The van der Waals surface area contributed by atoms with Crippen LogP contribution in [0, 0.1) is 0 Å². The van der Waals surface area contributed by atoms with Crippen molar-refractivity contribution < 1.29 is 19.0 Å². The monoisotopic (exact) mass is 377 g/mol. The van der Waals surface area contributed by atoms with E-state index in [0.29, 0.717) is 42.7 Å². The van der Waals surface area contributed by atoms with E-state index in [9.17, 15) is 4.79 Å². The van der Waals surface area contributed by atoms with Gasteiger partial charge in [-0.05, 0) is 18.2 Å². The van der Waals surface area contributed by atoms with Gasteiger partial charge in [0.25, 0.3) is 5.91 Å². The van der Waals surface area contributed by atoms with Crippen molar-refractivity contribution in [2.45, 2.75) is 0 Å². The zero-order valence-corrected chi connectivity index (χ0v) is 15.4. The molecule has 0 aromatic heterocycles. The average Bonchev–Trinajstić information content (AvgIpc) is 2.99. The Kier molecular flexibility index (Phi) is 4.80. The maximum absolute atomic E-state index is 12.7. The lowest BCUT2D eigenvalue weighted by atomic mass is 10.1. The first-order valence-corrected chi connectivity index (χ1v) is 8.83. The largest absolute Gasteiger partial charge is 0.493 e. The molecule has 2 aromatic rings. The van der Waals surface area contributed by atoms with Crippen LogP contribution >= 0.6 is 0 Å². The molecule has 0 unspecified atom stereocenters. The molecule has 0 fully saturated rings. The summed E-state index contributed by atoms with van der Waals surface area (Å²) in [5, 5.41) is 8.32. The van der Waals surface area contributed by atoms with Gasteiger partial charge in [0.2, 0.25) is 5.75 Å². The zero-order chi connectivity index (χ0) is 19.5. The second kappa shape index (κ2) is 7.56. The molecule has 0 saturated carbocycles. The Morgan fingerprint density at radius 3 is 2.89 bits per heavy atom. The van der Waals surface area contributed by atoms with Gasteiger partial charge >= 0.3 is 0 Å². The summed E-state index contributed by atoms with van der Waals surface area (Å²) in [5.74, 6) is 1.54. The summed E-state index contributed by atoms with van der Waals surface area (Å²) >= 11 is 0. The van der Waals surface area contributed by atoms with Gasteiger partial charge in [-0.3, -0.25) is 4.79 Å². The molecule has 0 atom stereocenters. The number of carbonyl (C=O) groups excluding carboxylic acids is 1. The van der Waals surface area contributed by atoms with E-state index < -0.39 is 0 Å². The Balaban J connectivity index is 1.65. The number of para-hydroxylation sites is 1. The molecular weight excluding hydrogens is 358 g/mol. The SMILES string of the molecule is C=CCN1C(=O)/C(=N\N=C/c2cc(OC)c3c(c2)OCCO3)c2ccccc21. The molecule has 0 spiro atoms. The predicted octanol–water partition coefficient (Wildman–Crippen LogP) is 2.82. The van der Waals surface area contributed by atoms with Crippen LogP contribution in [0.15, 0.2) is 59.3 Å². The number of benzene rings is 2. The summed E-state index contributed by atoms with van der Waals surface area (Å²) in [6, 6.07) is 11.1. The summed E-state index contributed by atoms with van der Waals surface area (Å²) < 4.78 is 16.6. The number of amides is 1. The van der Waals surface area contributed by atoms with Crippen LogP contribution in [0.4, 0.5) is 5.69 Å². The van der Waals surface area contributed by atoms with E-state index in [1.165, 1.54) is 0 Å². The highest BCUT2D eigenvalue weighted by Crippen LogP contribution is 2.40. The zero-order valence-electron chi connectivity index (χ0n) is 15.4. The molecule has 2 heterocycles. The van der Waals surface area contributed by atoms with Crippen molar-refractivity contribution in [3.05, 3.63) is 60.2 Å². The fourth-order valence-electron chi connectivity index (χ4n) is 3.19. The number of fused-ring (bicyclic) bond motifs is 2. The highest BCUT2D eigenvalue weighted by molar-refractivity contribution is 6.54. The van der Waals surface area contributed by atoms with Crippen LogP contribution in [0.5, 0.6) is 17.2 Å². The van der Waals surface area contributed by atoms with E-state index >= 15 is 0 Å². The van der Waals surface area contributed by atoms with Crippen LogP contribution in [0.1, 0.15) is 11.1 Å². The molecule has 2 aliphatic rings. The third kappa shape index (κ3) is 3.11. The molecule has 28 heavy (non-hydrogen) atoms. The van der Waals surface area contributed by atoms with E-state index in [4.69, 9.17) is 14.2 Å². The Hall–Kier alpha value is -3.61. The lowest BCUT2D eigenvalue weighted by Crippen LogP contribution is -2.30. The predicted molar refractivity (Wildman–Crippen MR) is 107 cm³/mol. The van der Waals surface area contributed by atoms with Gasteiger partial charge in [0, 0.05) is 17.7 Å². The highest BCUT2D eigenvalue weighted by Gasteiger charge is 2.33. The van der Waals surface area contributed by atoms with Crippen LogP contribution in [0.3, 0.4) is 0 Å². The summed E-state index contributed by atoms with van der Waals surface area (Å²) in [7, 11) is 1.57. The summed E-state index contributed by atoms with van der Waals surface area (Å²) in [4.78, 5) is 14.3. The lowest BCUT2D eigenvalue weighted by molar-refractivity contribution is -0.112. The number of methoxy groups -OCH3 is 1. The van der Waals surface area contributed by atoms with Crippen LogP contribution < -0.4 is 19.1 Å². The van der Waals surface area contributed by atoms with Crippen molar-refractivity contribution in [3.63, 3.8) is 0 Å². The van der Waals surface area contributed by atoms with Gasteiger partial charge in [0.15, 0.2) is 17.2 Å². The minimum Gasteiger partial charge on any atom is -0.493 e. The molecule has 7 nitrogen and oxygen atoms in total. The van der Waals surface area contributed by atoms with E-state index in [-0.39, 0.29) is 5.91 Å². The smallest absolute Gasteiger partial charge is 0.279 e. The van der Waals surface area contributed by atoms with Crippen LogP contribution in [0.2, 0.25) is 0 Å². The Bertz CT molecular complexity index is 980. The topological polar surface area (TPSA) is 72.7 Å². The number of hydrogen-bond donors (Lipinski definition) is 0. The quantitative estimate of drug-likeness (QED) is 0.456. The molecule has 4 rings (SSSR count). The van der Waals surface area contributed by atoms with Crippen LogP contribution in [0.25, 0.3) is 0 Å². The number of nitrogens with zero attached hydrogens (tertiary/aromatic N) is 3. The lowest BCUT2D eigenvalue weighted by Gasteiger charge is -2.20. The Morgan fingerprint density at radius 2 is 2.07 bits per heavy atom. The first kappa shape index (κ1) is 17.8. The Morgan fingerprint density at radius 1 is 1.25 bits per heavy atom. The molecule has 0 saturated heterocycles. The molecule has 7 heteroatoms. The first-order chi connectivity index (χ1) is 13.7. The Labute approximate surface area is 162 Å². The summed E-state index contributed by atoms with van der Waals surface area (Å²) in [6.07, 6.45) is 3.24. The molecular formula is C21H19N3O4. The number of hydrogen-bond acceptors (Lipinski definition) is 6. The first-order valence-electron chi connectivity index (χ1n) is 8.83. The number of anilines is 1. The van der Waals surface area contributed by atoms with Gasteiger partial charge in [-0.1, -0.05) is 24.3 Å². The van der Waals surface area contributed by atoms with E-state index in [1.54, 1.807) is 36.4 Å². The minimum absolute atomic E-state index is 0.196. The van der Waals surface area contributed by atoms with Gasteiger partial charge in [0.1, 0.15) is 13.2 Å². The second-order valence-electron chi connectivity index (χ2n) is 6.16. The van der Waals surface area contributed by atoms with Crippen LogP contribution in [-0.4, -0.2) is 44.7 Å². The van der Waals surface area contributed by atoms with Gasteiger partial charge in [-0.15, -0.1) is 11.7 Å². The molecule has 2 aliphatic heterocycles. The number of rotatable bonds is 5. The van der Waals surface area contributed by atoms with E-state index in [2.05, 4.69) is 16.8 Å². The minimum atomic E-state index is -0.196. The maximum Gasteiger partial charge on any atom is 0.279 e. The average molecular weight is 377 g/mol. The van der Waals surface area contributed by atoms with Crippen molar-refractivity contribution in [2.75, 3.05) is 31.8 Å². The van der Waals surface area contributed by atoms with Crippen molar-refractivity contribution in [1.29, 1.82) is 0 Å². The molecule has 0 aliphatic carbocycles. The van der Waals surface area contributed by atoms with Gasteiger partial charge in [-0.2, -0.15) is 5.10 Å². The third-order valence-electron chi connectivity index (χ3n) is 4.42. The standard InChI is InChI=1S/C21H19N3O4/c1-3-8-24-16-7-5-4-6-15(16)19(21(24)25)23-22-13-14-11-17(26-2)20-18(12-14)27-9-10-28-20/h3-7,11-13H,1,8-10H2,2H3/b22-13-,23-19-. The van der Waals surface area contributed by atoms with Gasteiger partial charge in [-0.25, -0.2) is 0 Å². The normalized spacial score (nSPS) is 16.5. The highest BCUT2D eigenvalue weighted by atomic mass is 16.6. The van der Waals surface area contributed by atoms with Crippen molar-refractivity contribution >= 4 is 23.5 Å². The number of carbonyl (C=O) groups is 1.